The third-order valence-corrected chi connectivity index (χ3v) is 2.91. The van der Waals surface area contributed by atoms with E-state index in [1.807, 2.05) is 19.0 Å². The van der Waals surface area contributed by atoms with Crippen LogP contribution in [0.4, 0.5) is 0 Å². The normalized spacial score (nSPS) is 16.8. The number of hydrogen-bond donors (Lipinski definition) is 0. The van der Waals surface area contributed by atoms with Crippen LogP contribution in [-0.2, 0) is 4.79 Å². The number of allylic oxidation sites excluding steroid dienone is 2. The molecule has 0 saturated carbocycles. The molecule has 0 atom stereocenters. The Kier molecular flexibility index (Phi) is 3.82. The molecule has 0 unspecified atom stereocenters. The first-order chi connectivity index (χ1) is 5.70. The molecule has 12 heavy (non-hydrogen) atoms. The van der Waals surface area contributed by atoms with Gasteiger partial charge in [0.15, 0.2) is 5.78 Å². The quantitative estimate of drug-likeness (QED) is 0.662. The van der Waals surface area contributed by atoms with E-state index in [0.29, 0.717) is 12.2 Å². The minimum absolute atomic E-state index is 0.311. The summed E-state index contributed by atoms with van der Waals surface area (Å²) >= 11 is 1.70. The zero-order chi connectivity index (χ0) is 8.97. The van der Waals surface area contributed by atoms with Gasteiger partial charge in [0.05, 0.1) is 0 Å². The summed E-state index contributed by atoms with van der Waals surface area (Å²) in [6.07, 6.45) is 3.78. The summed E-state index contributed by atoms with van der Waals surface area (Å²) in [5, 5.41) is 0. The van der Waals surface area contributed by atoms with Crippen LogP contribution in [0.1, 0.15) is 12.8 Å². The summed E-state index contributed by atoms with van der Waals surface area (Å²) in [7, 11) is 3.98. The van der Waals surface area contributed by atoms with E-state index in [1.165, 1.54) is 0 Å². The molecule has 0 aromatic carbocycles. The number of hydrogen-bond acceptors (Lipinski definition) is 3. The van der Waals surface area contributed by atoms with Gasteiger partial charge in [-0.15, -0.1) is 11.8 Å². The number of ketones is 1. The second kappa shape index (κ2) is 4.67. The summed E-state index contributed by atoms with van der Waals surface area (Å²) in [6, 6.07) is 0. The van der Waals surface area contributed by atoms with Gasteiger partial charge in [0.1, 0.15) is 0 Å². The second-order valence-electron chi connectivity index (χ2n) is 3.18. The van der Waals surface area contributed by atoms with Gasteiger partial charge in [-0.2, -0.15) is 0 Å². The third kappa shape index (κ3) is 2.99. The van der Waals surface area contributed by atoms with Gasteiger partial charge in [0, 0.05) is 23.6 Å². The summed E-state index contributed by atoms with van der Waals surface area (Å²) in [4.78, 5) is 14.5. The molecule has 1 aliphatic heterocycles. The summed E-state index contributed by atoms with van der Waals surface area (Å²) in [6.45, 7) is 0.858. The summed E-state index contributed by atoms with van der Waals surface area (Å²) < 4.78 is 0. The average Bonchev–Trinajstić information content (AvgIpc) is 2.51. The molecule has 0 aliphatic carbocycles. The molecule has 1 aliphatic rings. The Bertz CT molecular complexity index is 199. The van der Waals surface area contributed by atoms with E-state index >= 15 is 0 Å². The molecule has 0 radical (unpaired) electrons. The van der Waals surface area contributed by atoms with Gasteiger partial charge >= 0.3 is 0 Å². The Morgan fingerprint density at radius 1 is 1.67 bits per heavy atom. The standard InChI is InChI=1S/C9H15NOS/c1-10(2)6-5-8(11)9-4-3-7-12-9/h4H,3,5-7H2,1-2H3. The fourth-order valence-electron chi connectivity index (χ4n) is 1.06. The predicted octanol–water partition coefficient (Wildman–Crippen LogP) is 1.53. The first-order valence-corrected chi connectivity index (χ1v) is 5.19. The van der Waals surface area contributed by atoms with Crippen molar-refractivity contribution in [3.8, 4) is 0 Å². The topological polar surface area (TPSA) is 20.3 Å². The van der Waals surface area contributed by atoms with Crippen molar-refractivity contribution in [3.63, 3.8) is 0 Å². The monoisotopic (exact) mass is 185 g/mol. The molecule has 68 valence electrons. The van der Waals surface area contributed by atoms with E-state index in [-0.39, 0.29) is 0 Å². The molecule has 0 saturated heterocycles. The maximum absolute atomic E-state index is 11.4. The number of rotatable bonds is 4. The Morgan fingerprint density at radius 3 is 2.92 bits per heavy atom. The smallest absolute Gasteiger partial charge is 0.170 e. The Hall–Kier alpha value is -0.280. The van der Waals surface area contributed by atoms with Crippen molar-refractivity contribution in [2.45, 2.75) is 12.8 Å². The van der Waals surface area contributed by atoms with Crippen LogP contribution >= 0.6 is 11.8 Å². The van der Waals surface area contributed by atoms with Gasteiger partial charge in [-0.05, 0) is 20.5 Å². The number of Topliss-reactive ketones (excluding diaryl/α,β-unsaturated/α-hetero) is 1. The third-order valence-electron chi connectivity index (χ3n) is 1.77. The molecule has 0 bridgehead atoms. The maximum Gasteiger partial charge on any atom is 0.170 e. The van der Waals surface area contributed by atoms with Crippen molar-refractivity contribution >= 4 is 17.5 Å². The van der Waals surface area contributed by atoms with Crippen LogP contribution in [0.2, 0.25) is 0 Å². The van der Waals surface area contributed by atoms with E-state index in [4.69, 9.17) is 0 Å². The molecule has 0 N–H and O–H groups in total. The van der Waals surface area contributed by atoms with Crippen LogP contribution < -0.4 is 0 Å². The van der Waals surface area contributed by atoms with Crippen LogP contribution in [0.3, 0.4) is 0 Å². The fourth-order valence-corrected chi connectivity index (χ4v) is 2.01. The molecule has 0 amide bonds. The van der Waals surface area contributed by atoms with Gasteiger partial charge in [-0.25, -0.2) is 0 Å². The van der Waals surface area contributed by atoms with Crippen molar-refractivity contribution < 1.29 is 4.79 Å². The van der Waals surface area contributed by atoms with Crippen molar-refractivity contribution in [2.75, 3.05) is 26.4 Å². The van der Waals surface area contributed by atoms with E-state index in [1.54, 1.807) is 11.8 Å². The highest BCUT2D eigenvalue weighted by Crippen LogP contribution is 2.25. The number of nitrogens with zero attached hydrogens (tertiary/aromatic N) is 1. The average molecular weight is 185 g/mol. The highest BCUT2D eigenvalue weighted by molar-refractivity contribution is 8.04. The van der Waals surface area contributed by atoms with Crippen molar-refractivity contribution in [3.05, 3.63) is 11.0 Å². The summed E-state index contributed by atoms with van der Waals surface area (Å²) in [5.74, 6) is 1.40. The van der Waals surface area contributed by atoms with Gasteiger partial charge in [0.2, 0.25) is 0 Å². The lowest BCUT2D eigenvalue weighted by molar-refractivity contribution is -0.115. The van der Waals surface area contributed by atoms with Gasteiger partial charge in [0.25, 0.3) is 0 Å². The molecule has 3 heteroatoms. The molecular weight excluding hydrogens is 170 g/mol. The van der Waals surface area contributed by atoms with Crippen LogP contribution in [0.25, 0.3) is 0 Å². The predicted molar refractivity (Wildman–Crippen MR) is 53.3 cm³/mol. The zero-order valence-electron chi connectivity index (χ0n) is 7.67. The number of thioether (sulfide) groups is 1. The molecule has 0 aromatic heterocycles. The Morgan fingerprint density at radius 2 is 2.42 bits per heavy atom. The Balaban J connectivity index is 2.28. The lowest BCUT2D eigenvalue weighted by Gasteiger charge is -2.07. The minimum Gasteiger partial charge on any atom is -0.309 e. The molecule has 0 fully saturated rings. The highest BCUT2D eigenvalue weighted by atomic mass is 32.2. The molecule has 1 rings (SSSR count). The van der Waals surface area contributed by atoms with Crippen molar-refractivity contribution in [2.24, 2.45) is 0 Å². The number of carbonyl (C=O) groups is 1. The van der Waals surface area contributed by atoms with Gasteiger partial charge in [-0.1, -0.05) is 6.08 Å². The molecule has 1 heterocycles. The first-order valence-electron chi connectivity index (χ1n) is 4.21. The van der Waals surface area contributed by atoms with Crippen LogP contribution in [-0.4, -0.2) is 37.1 Å². The zero-order valence-corrected chi connectivity index (χ0v) is 8.49. The van der Waals surface area contributed by atoms with Crippen LogP contribution in [0.15, 0.2) is 11.0 Å². The van der Waals surface area contributed by atoms with Crippen LogP contribution in [0.5, 0.6) is 0 Å². The largest absolute Gasteiger partial charge is 0.309 e. The van der Waals surface area contributed by atoms with E-state index < -0.39 is 0 Å². The van der Waals surface area contributed by atoms with Crippen molar-refractivity contribution in [1.29, 1.82) is 0 Å². The first kappa shape index (κ1) is 9.81. The van der Waals surface area contributed by atoms with E-state index in [9.17, 15) is 4.79 Å². The van der Waals surface area contributed by atoms with E-state index in [2.05, 4.69) is 6.08 Å². The van der Waals surface area contributed by atoms with Crippen LogP contribution in [0, 0.1) is 0 Å². The second-order valence-corrected chi connectivity index (χ2v) is 4.32. The molecule has 0 spiro atoms. The van der Waals surface area contributed by atoms with E-state index in [0.717, 1.165) is 23.6 Å². The Labute approximate surface area is 78.0 Å². The fraction of sp³-hybridized carbons (Fsp3) is 0.667. The lowest BCUT2D eigenvalue weighted by Crippen LogP contribution is -2.16. The molecule has 0 aromatic rings. The van der Waals surface area contributed by atoms with Gasteiger partial charge < -0.3 is 4.90 Å². The summed E-state index contributed by atoms with van der Waals surface area (Å²) in [5.41, 5.74) is 0. The molecular formula is C9H15NOS. The number of carbonyl (C=O) groups excluding carboxylic acids is 1. The minimum atomic E-state index is 0.311. The highest BCUT2D eigenvalue weighted by Gasteiger charge is 2.13. The lowest BCUT2D eigenvalue weighted by atomic mass is 10.2. The molecule has 2 nitrogen and oxygen atoms in total. The van der Waals surface area contributed by atoms with Gasteiger partial charge in [-0.3, -0.25) is 4.79 Å². The SMILES string of the molecule is CN(C)CCC(=O)C1=CCCS1. The maximum atomic E-state index is 11.4. The van der Waals surface area contributed by atoms with Crippen molar-refractivity contribution in [1.82, 2.24) is 4.90 Å².